The first-order chi connectivity index (χ1) is 14.7. The summed E-state index contributed by atoms with van der Waals surface area (Å²) in [5, 5.41) is 8.40. The number of ether oxygens (including phenoxy) is 1. The van der Waals surface area contributed by atoms with Gasteiger partial charge in [-0.2, -0.15) is 20.1 Å². The van der Waals surface area contributed by atoms with E-state index in [0.717, 1.165) is 5.69 Å². The predicted octanol–water partition coefficient (Wildman–Crippen LogP) is 4.20. The standard InChI is InChI=1S/C20H19Cl2N7O/c21-16-7-4-8-17(22)15(16)13-23-28-19-25-18(24-14-5-2-1-3-6-14)26-20(27-19)29-9-11-30-12-10-29/h1-8,13H,9-12H2,(H2,24,25,26,27,28)/b23-13-. The van der Waals surface area contributed by atoms with E-state index in [1.54, 1.807) is 18.2 Å². The van der Waals surface area contributed by atoms with E-state index < -0.39 is 0 Å². The van der Waals surface area contributed by atoms with Crippen molar-refractivity contribution in [1.29, 1.82) is 0 Å². The van der Waals surface area contributed by atoms with Crippen molar-refractivity contribution in [3.8, 4) is 0 Å². The number of morpholine rings is 1. The lowest BCUT2D eigenvalue weighted by atomic mass is 10.2. The topological polar surface area (TPSA) is 87.6 Å². The molecule has 0 spiro atoms. The van der Waals surface area contributed by atoms with Gasteiger partial charge in [-0.1, -0.05) is 47.5 Å². The average Bonchev–Trinajstić information content (AvgIpc) is 2.77. The number of nitrogens with zero attached hydrogens (tertiary/aromatic N) is 5. The summed E-state index contributed by atoms with van der Waals surface area (Å²) >= 11 is 12.4. The summed E-state index contributed by atoms with van der Waals surface area (Å²) in [6.45, 7) is 2.65. The summed E-state index contributed by atoms with van der Waals surface area (Å²) in [6.07, 6.45) is 1.53. The molecular formula is C20H19Cl2N7O. The second kappa shape index (κ2) is 9.71. The lowest BCUT2D eigenvalue weighted by Gasteiger charge is -2.27. The molecule has 2 N–H and O–H groups in total. The van der Waals surface area contributed by atoms with E-state index in [1.807, 2.05) is 35.2 Å². The Morgan fingerprint density at radius 3 is 2.33 bits per heavy atom. The molecule has 3 aromatic rings. The third-order valence-corrected chi connectivity index (χ3v) is 4.96. The van der Waals surface area contributed by atoms with E-state index >= 15 is 0 Å². The largest absolute Gasteiger partial charge is 0.378 e. The van der Waals surface area contributed by atoms with Crippen LogP contribution in [0.5, 0.6) is 0 Å². The zero-order valence-electron chi connectivity index (χ0n) is 15.9. The van der Waals surface area contributed by atoms with E-state index in [2.05, 4.69) is 30.8 Å². The van der Waals surface area contributed by atoms with E-state index in [9.17, 15) is 0 Å². The number of para-hydroxylation sites is 1. The van der Waals surface area contributed by atoms with Gasteiger partial charge in [-0.25, -0.2) is 5.43 Å². The third kappa shape index (κ3) is 5.15. The fraction of sp³-hybridized carbons (Fsp3) is 0.200. The minimum Gasteiger partial charge on any atom is -0.378 e. The SMILES string of the molecule is Clc1cccc(Cl)c1/C=N\Nc1nc(Nc2ccccc2)nc(N2CCOCC2)n1. The molecule has 4 rings (SSSR count). The van der Waals surface area contributed by atoms with Crippen LogP contribution < -0.4 is 15.6 Å². The van der Waals surface area contributed by atoms with Gasteiger partial charge in [0, 0.05) is 24.3 Å². The molecule has 10 heteroatoms. The fourth-order valence-corrected chi connectivity index (χ4v) is 3.31. The van der Waals surface area contributed by atoms with Gasteiger partial charge in [0.15, 0.2) is 0 Å². The highest BCUT2D eigenvalue weighted by atomic mass is 35.5. The second-order valence-corrected chi connectivity index (χ2v) is 7.19. The van der Waals surface area contributed by atoms with Gasteiger partial charge in [-0.15, -0.1) is 0 Å². The van der Waals surface area contributed by atoms with E-state index in [-0.39, 0.29) is 0 Å². The van der Waals surface area contributed by atoms with E-state index in [0.29, 0.717) is 59.8 Å². The van der Waals surface area contributed by atoms with Gasteiger partial charge in [0.25, 0.3) is 0 Å². The van der Waals surface area contributed by atoms with Crippen LogP contribution >= 0.6 is 23.2 Å². The Bertz CT molecular complexity index is 1010. The Morgan fingerprint density at radius 1 is 0.900 bits per heavy atom. The van der Waals surface area contributed by atoms with Crippen LogP contribution in [0.15, 0.2) is 53.6 Å². The molecule has 2 aromatic carbocycles. The molecule has 1 fully saturated rings. The number of hydrazone groups is 1. The molecular weight excluding hydrogens is 425 g/mol. The minimum absolute atomic E-state index is 0.296. The number of hydrogen-bond acceptors (Lipinski definition) is 8. The van der Waals surface area contributed by atoms with E-state index in [1.165, 1.54) is 6.21 Å². The minimum atomic E-state index is 0.296. The maximum atomic E-state index is 6.18. The van der Waals surface area contributed by atoms with Crippen LogP contribution in [-0.2, 0) is 4.74 Å². The molecule has 1 aliphatic rings. The van der Waals surface area contributed by atoms with Crippen molar-refractivity contribution in [1.82, 2.24) is 15.0 Å². The van der Waals surface area contributed by atoms with Crippen LogP contribution in [0.4, 0.5) is 23.5 Å². The van der Waals surface area contributed by atoms with Gasteiger partial charge in [0.05, 0.1) is 29.5 Å². The fourth-order valence-electron chi connectivity index (χ4n) is 2.81. The maximum Gasteiger partial charge on any atom is 0.250 e. The van der Waals surface area contributed by atoms with Crippen molar-refractivity contribution < 1.29 is 4.74 Å². The molecule has 0 saturated carbocycles. The summed E-state index contributed by atoms with van der Waals surface area (Å²) in [5.41, 5.74) is 4.32. The molecule has 1 aromatic heterocycles. The highest BCUT2D eigenvalue weighted by Gasteiger charge is 2.16. The van der Waals surface area contributed by atoms with Crippen molar-refractivity contribution in [2.75, 3.05) is 41.9 Å². The summed E-state index contributed by atoms with van der Waals surface area (Å²) in [7, 11) is 0. The summed E-state index contributed by atoms with van der Waals surface area (Å²) in [5.74, 6) is 1.25. The lowest BCUT2D eigenvalue weighted by molar-refractivity contribution is 0.122. The molecule has 2 heterocycles. The molecule has 0 amide bonds. The van der Waals surface area contributed by atoms with Gasteiger partial charge >= 0.3 is 0 Å². The van der Waals surface area contributed by atoms with E-state index in [4.69, 9.17) is 27.9 Å². The lowest BCUT2D eigenvalue weighted by Crippen LogP contribution is -2.37. The number of nitrogens with one attached hydrogen (secondary N) is 2. The highest BCUT2D eigenvalue weighted by Crippen LogP contribution is 2.22. The summed E-state index contributed by atoms with van der Waals surface area (Å²) < 4.78 is 5.42. The Labute approximate surface area is 183 Å². The highest BCUT2D eigenvalue weighted by molar-refractivity contribution is 6.38. The molecule has 154 valence electrons. The van der Waals surface area contributed by atoms with Crippen molar-refractivity contribution >= 4 is 52.9 Å². The van der Waals surface area contributed by atoms with Gasteiger partial charge in [0.1, 0.15) is 0 Å². The molecule has 1 aliphatic heterocycles. The smallest absolute Gasteiger partial charge is 0.250 e. The number of aromatic nitrogens is 3. The Kier molecular flexibility index (Phi) is 6.58. The van der Waals surface area contributed by atoms with Gasteiger partial charge < -0.3 is 15.0 Å². The van der Waals surface area contributed by atoms with Crippen LogP contribution in [0.25, 0.3) is 0 Å². The molecule has 0 aliphatic carbocycles. The first kappa shape index (κ1) is 20.3. The predicted molar refractivity (Wildman–Crippen MR) is 120 cm³/mol. The van der Waals surface area contributed by atoms with Crippen LogP contribution in [0.1, 0.15) is 5.56 Å². The van der Waals surface area contributed by atoms with Crippen molar-refractivity contribution in [3.63, 3.8) is 0 Å². The zero-order valence-corrected chi connectivity index (χ0v) is 17.4. The molecule has 0 radical (unpaired) electrons. The quantitative estimate of drug-likeness (QED) is 0.435. The number of anilines is 4. The number of halogens is 2. The number of hydrogen-bond donors (Lipinski definition) is 2. The van der Waals surface area contributed by atoms with Crippen molar-refractivity contribution in [2.45, 2.75) is 0 Å². The summed E-state index contributed by atoms with van der Waals surface area (Å²) in [4.78, 5) is 15.5. The summed E-state index contributed by atoms with van der Waals surface area (Å²) in [6, 6.07) is 14.9. The number of rotatable bonds is 6. The normalized spacial score (nSPS) is 14.1. The third-order valence-electron chi connectivity index (χ3n) is 4.31. The van der Waals surface area contributed by atoms with Crippen molar-refractivity contribution in [2.24, 2.45) is 5.10 Å². The van der Waals surface area contributed by atoms with Crippen molar-refractivity contribution in [3.05, 3.63) is 64.1 Å². The van der Waals surface area contributed by atoms with Crippen LogP contribution in [0, 0.1) is 0 Å². The zero-order chi connectivity index (χ0) is 20.8. The molecule has 0 atom stereocenters. The number of benzene rings is 2. The Morgan fingerprint density at radius 2 is 1.60 bits per heavy atom. The Hall–Kier alpha value is -2.94. The van der Waals surface area contributed by atoms with Gasteiger partial charge in [0.2, 0.25) is 17.8 Å². The first-order valence-corrected chi connectivity index (χ1v) is 10.1. The Balaban J connectivity index is 1.59. The second-order valence-electron chi connectivity index (χ2n) is 6.38. The van der Waals surface area contributed by atoms with Crippen LogP contribution in [0.2, 0.25) is 10.0 Å². The average molecular weight is 444 g/mol. The molecule has 0 bridgehead atoms. The molecule has 30 heavy (non-hydrogen) atoms. The first-order valence-electron chi connectivity index (χ1n) is 9.33. The maximum absolute atomic E-state index is 6.18. The molecule has 1 saturated heterocycles. The molecule has 0 unspecified atom stereocenters. The van der Waals surface area contributed by atoms with Gasteiger partial charge in [-0.3, -0.25) is 0 Å². The van der Waals surface area contributed by atoms with Gasteiger partial charge in [-0.05, 0) is 24.3 Å². The molecule has 8 nitrogen and oxygen atoms in total. The van der Waals surface area contributed by atoms with Crippen LogP contribution in [-0.4, -0.2) is 47.5 Å². The van der Waals surface area contributed by atoms with Crippen LogP contribution in [0.3, 0.4) is 0 Å². The monoisotopic (exact) mass is 443 g/mol.